The van der Waals surface area contributed by atoms with E-state index in [1.807, 2.05) is 31.0 Å². The molecule has 20 heavy (non-hydrogen) atoms. The molecule has 1 aromatic carbocycles. The Morgan fingerprint density at radius 2 is 2.30 bits per heavy atom. The first-order valence-electron chi connectivity index (χ1n) is 6.54. The van der Waals surface area contributed by atoms with Crippen LogP contribution in [0.3, 0.4) is 0 Å². The Morgan fingerprint density at radius 1 is 1.55 bits per heavy atom. The number of hydrogen-bond donors (Lipinski definition) is 2. The Kier molecular flexibility index (Phi) is 4.48. The Balaban J connectivity index is 2.31. The van der Waals surface area contributed by atoms with Crippen molar-refractivity contribution in [1.29, 1.82) is 5.26 Å². The van der Waals surface area contributed by atoms with E-state index in [0.29, 0.717) is 24.5 Å². The lowest BCUT2D eigenvalue weighted by Crippen LogP contribution is -2.27. The lowest BCUT2D eigenvalue weighted by Gasteiger charge is -2.20. The third-order valence-corrected chi connectivity index (χ3v) is 3.63. The maximum atomic E-state index is 11.9. The van der Waals surface area contributed by atoms with E-state index in [2.05, 4.69) is 16.7 Å². The number of fused-ring (bicyclic) bond motifs is 1. The maximum Gasteiger partial charge on any atom is 0.246 e. The van der Waals surface area contributed by atoms with Crippen molar-refractivity contribution in [3.05, 3.63) is 22.7 Å². The van der Waals surface area contributed by atoms with Crippen LogP contribution >= 0.6 is 11.6 Å². The van der Waals surface area contributed by atoms with Gasteiger partial charge in [0.15, 0.2) is 0 Å². The average Bonchev–Trinajstić information content (AvgIpc) is 2.72. The van der Waals surface area contributed by atoms with E-state index in [0.717, 1.165) is 16.9 Å². The molecule has 5 nitrogen and oxygen atoms in total. The number of hydrogen-bond acceptors (Lipinski definition) is 4. The van der Waals surface area contributed by atoms with Crippen molar-refractivity contribution in [2.45, 2.75) is 19.4 Å². The summed E-state index contributed by atoms with van der Waals surface area (Å²) in [6, 6.07) is 5.45. The number of nitriles is 1. The van der Waals surface area contributed by atoms with Gasteiger partial charge in [0.2, 0.25) is 5.91 Å². The van der Waals surface area contributed by atoms with Crippen LogP contribution in [0.4, 0.5) is 11.4 Å². The number of rotatable bonds is 5. The SMILES string of the molecule is CCNC1C(=O)Nc2cc(N(C)CCC#N)c(Cl)cc21. The molecule has 0 aromatic heterocycles. The standard InChI is InChI=1S/C14H17ClN4O/c1-3-17-13-9-7-10(15)12(19(2)6-4-5-16)8-11(9)18-14(13)20/h7-8,13,17H,3-4,6H2,1-2H3,(H,18,20). The zero-order valence-corrected chi connectivity index (χ0v) is 12.3. The van der Waals surface area contributed by atoms with Crippen LogP contribution in [-0.2, 0) is 4.79 Å². The summed E-state index contributed by atoms with van der Waals surface area (Å²) in [5.41, 5.74) is 2.47. The van der Waals surface area contributed by atoms with Crippen LogP contribution in [0.5, 0.6) is 0 Å². The molecular weight excluding hydrogens is 276 g/mol. The number of carbonyl (C=O) groups is 1. The summed E-state index contributed by atoms with van der Waals surface area (Å²) in [4.78, 5) is 13.8. The van der Waals surface area contributed by atoms with Crippen molar-refractivity contribution in [3.8, 4) is 6.07 Å². The molecule has 1 amide bonds. The second kappa shape index (κ2) is 6.12. The monoisotopic (exact) mass is 292 g/mol. The molecule has 106 valence electrons. The fraction of sp³-hybridized carbons (Fsp3) is 0.429. The topological polar surface area (TPSA) is 68.2 Å². The average molecular weight is 293 g/mol. The lowest BCUT2D eigenvalue weighted by atomic mass is 10.1. The van der Waals surface area contributed by atoms with Gasteiger partial charge in [0.1, 0.15) is 6.04 Å². The van der Waals surface area contributed by atoms with Crippen LogP contribution in [0.2, 0.25) is 5.02 Å². The molecule has 6 heteroatoms. The number of carbonyl (C=O) groups excluding carboxylic acids is 1. The quantitative estimate of drug-likeness (QED) is 0.874. The van der Waals surface area contributed by atoms with Gasteiger partial charge >= 0.3 is 0 Å². The highest BCUT2D eigenvalue weighted by Gasteiger charge is 2.31. The van der Waals surface area contributed by atoms with Gasteiger partial charge in [0.05, 0.1) is 23.2 Å². The van der Waals surface area contributed by atoms with Crippen molar-refractivity contribution in [2.75, 3.05) is 30.4 Å². The molecule has 1 aliphatic heterocycles. The Hall–Kier alpha value is -1.77. The Labute approximate surface area is 123 Å². The van der Waals surface area contributed by atoms with E-state index in [4.69, 9.17) is 16.9 Å². The van der Waals surface area contributed by atoms with Crippen molar-refractivity contribution in [2.24, 2.45) is 0 Å². The summed E-state index contributed by atoms with van der Waals surface area (Å²) in [7, 11) is 1.88. The molecule has 1 atom stereocenters. The van der Waals surface area contributed by atoms with Gasteiger partial charge < -0.3 is 15.5 Å². The van der Waals surface area contributed by atoms with E-state index >= 15 is 0 Å². The number of amides is 1. The van der Waals surface area contributed by atoms with Gasteiger partial charge in [0, 0.05) is 24.8 Å². The van der Waals surface area contributed by atoms with Crippen molar-refractivity contribution in [3.63, 3.8) is 0 Å². The molecule has 0 aliphatic carbocycles. The molecule has 1 heterocycles. The van der Waals surface area contributed by atoms with Gasteiger partial charge in [-0.05, 0) is 18.7 Å². The summed E-state index contributed by atoms with van der Waals surface area (Å²) in [6.07, 6.45) is 0.427. The Bertz CT molecular complexity index is 567. The second-order valence-corrected chi connectivity index (χ2v) is 5.11. The second-order valence-electron chi connectivity index (χ2n) is 4.70. The molecule has 2 rings (SSSR count). The normalized spacial score (nSPS) is 16.5. The van der Waals surface area contributed by atoms with Crippen molar-refractivity contribution in [1.82, 2.24) is 5.32 Å². The molecule has 1 aromatic rings. The van der Waals surface area contributed by atoms with Crippen molar-refractivity contribution < 1.29 is 4.79 Å². The van der Waals surface area contributed by atoms with E-state index in [9.17, 15) is 4.79 Å². The third-order valence-electron chi connectivity index (χ3n) is 3.33. The summed E-state index contributed by atoms with van der Waals surface area (Å²) in [5.74, 6) is -0.0604. The first-order chi connectivity index (χ1) is 9.58. The predicted molar refractivity (Wildman–Crippen MR) is 80.0 cm³/mol. The van der Waals surface area contributed by atoms with Crippen LogP contribution in [0.1, 0.15) is 24.9 Å². The summed E-state index contributed by atoms with van der Waals surface area (Å²) >= 11 is 6.30. The minimum Gasteiger partial charge on any atom is -0.372 e. The van der Waals surface area contributed by atoms with Crippen LogP contribution < -0.4 is 15.5 Å². The van der Waals surface area contributed by atoms with Crippen LogP contribution in [0, 0.1) is 11.3 Å². The smallest absolute Gasteiger partial charge is 0.246 e. The van der Waals surface area contributed by atoms with E-state index in [-0.39, 0.29) is 11.9 Å². The molecule has 1 unspecified atom stereocenters. The molecule has 0 spiro atoms. The zero-order valence-electron chi connectivity index (χ0n) is 11.5. The zero-order chi connectivity index (χ0) is 14.7. The molecule has 0 bridgehead atoms. The number of nitrogens with zero attached hydrogens (tertiary/aromatic N) is 2. The largest absolute Gasteiger partial charge is 0.372 e. The summed E-state index contributed by atoms with van der Waals surface area (Å²) in [6.45, 7) is 3.26. The summed E-state index contributed by atoms with van der Waals surface area (Å²) in [5, 5.41) is 15.2. The number of benzene rings is 1. The van der Waals surface area contributed by atoms with Gasteiger partial charge in [0.25, 0.3) is 0 Å². The molecule has 0 saturated carbocycles. The molecule has 0 radical (unpaired) electrons. The highest BCUT2D eigenvalue weighted by Crippen LogP contribution is 2.38. The fourth-order valence-corrected chi connectivity index (χ4v) is 2.62. The van der Waals surface area contributed by atoms with Crippen LogP contribution in [-0.4, -0.2) is 26.0 Å². The molecule has 1 aliphatic rings. The maximum absolute atomic E-state index is 11.9. The molecule has 0 saturated heterocycles. The lowest BCUT2D eigenvalue weighted by molar-refractivity contribution is -0.117. The number of halogens is 1. The van der Waals surface area contributed by atoms with Gasteiger partial charge in [-0.2, -0.15) is 5.26 Å². The highest BCUT2D eigenvalue weighted by molar-refractivity contribution is 6.33. The predicted octanol–water partition coefficient (Wildman–Crippen LogP) is 2.29. The van der Waals surface area contributed by atoms with E-state index in [1.165, 1.54) is 0 Å². The number of anilines is 2. The highest BCUT2D eigenvalue weighted by atomic mass is 35.5. The van der Waals surface area contributed by atoms with E-state index < -0.39 is 0 Å². The molecule has 0 fully saturated rings. The van der Waals surface area contributed by atoms with Crippen LogP contribution in [0.25, 0.3) is 0 Å². The van der Waals surface area contributed by atoms with Gasteiger partial charge in [-0.1, -0.05) is 18.5 Å². The molecular formula is C14H17ClN4O. The third kappa shape index (κ3) is 2.72. The van der Waals surface area contributed by atoms with E-state index in [1.54, 1.807) is 0 Å². The first-order valence-corrected chi connectivity index (χ1v) is 6.92. The minimum absolute atomic E-state index is 0.0604. The number of nitrogens with one attached hydrogen (secondary N) is 2. The van der Waals surface area contributed by atoms with Crippen molar-refractivity contribution >= 4 is 28.9 Å². The van der Waals surface area contributed by atoms with Crippen LogP contribution in [0.15, 0.2) is 12.1 Å². The van der Waals surface area contributed by atoms with Gasteiger partial charge in [-0.25, -0.2) is 0 Å². The molecule has 2 N–H and O–H groups in total. The number of likely N-dealkylation sites (N-methyl/N-ethyl adjacent to an activating group) is 1. The first kappa shape index (κ1) is 14.6. The fourth-order valence-electron chi connectivity index (χ4n) is 2.31. The van der Waals surface area contributed by atoms with Gasteiger partial charge in [-0.3, -0.25) is 4.79 Å². The Morgan fingerprint density at radius 3 is 2.95 bits per heavy atom. The summed E-state index contributed by atoms with van der Waals surface area (Å²) < 4.78 is 0. The van der Waals surface area contributed by atoms with Gasteiger partial charge in [-0.15, -0.1) is 0 Å². The minimum atomic E-state index is -0.342.